The quantitative estimate of drug-likeness (QED) is 0.340. The molecule has 4 nitrogen and oxygen atoms in total. The molecule has 1 atom stereocenters. The average molecular weight is 470 g/mol. The van der Waals surface area contributed by atoms with Crippen LogP contribution >= 0.6 is 23.2 Å². The second-order valence-corrected chi connectivity index (χ2v) is 8.50. The Balaban J connectivity index is 1.58. The van der Waals surface area contributed by atoms with E-state index >= 15 is 0 Å². The van der Waals surface area contributed by atoms with E-state index in [1.165, 1.54) is 12.1 Å². The summed E-state index contributed by atoms with van der Waals surface area (Å²) in [4.78, 5) is 17.5. The van der Waals surface area contributed by atoms with Crippen LogP contribution in [0.25, 0.3) is 11.0 Å². The van der Waals surface area contributed by atoms with Crippen LogP contribution in [0.4, 0.5) is 4.39 Å². The molecule has 0 saturated carbocycles. The highest BCUT2D eigenvalue weighted by Crippen LogP contribution is 2.25. The van der Waals surface area contributed by atoms with Crippen molar-refractivity contribution in [2.45, 2.75) is 32.9 Å². The van der Waals surface area contributed by atoms with Crippen LogP contribution in [-0.2, 0) is 6.54 Å². The number of carbonyl (C=O) groups excluding carboxylic acids is 1. The first kappa shape index (κ1) is 22.3. The lowest BCUT2D eigenvalue weighted by molar-refractivity contribution is 0.0935. The molecule has 1 aromatic heterocycles. The number of hydrogen-bond donors (Lipinski definition) is 1. The van der Waals surface area contributed by atoms with E-state index in [1.54, 1.807) is 24.3 Å². The van der Waals surface area contributed by atoms with Gasteiger partial charge in [-0.25, -0.2) is 9.37 Å². The Morgan fingerprint density at radius 3 is 2.62 bits per heavy atom. The van der Waals surface area contributed by atoms with Gasteiger partial charge in [0.05, 0.1) is 27.1 Å². The van der Waals surface area contributed by atoms with Gasteiger partial charge >= 0.3 is 0 Å². The molecule has 164 valence electrons. The molecule has 0 aliphatic heterocycles. The largest absolute Gasteiger partial charge is 0.345 e. The number of halogens is 3. The Hall–Kier alpha value is -2.89. The van der Waals surface area contributed by atoms with Crippen LogP contribution in [0, 0.1) is 12.7 Å². The summed E-state index contributed by atoms with van der Waals surface area (Å²) < 4.78 is 15.7. The van der Waals surface area contributed by atoms with Crippen LogP contribution in [-0.4, -0.2) is 15.5 Å². The number of rotatable bonds is 6. The summed E-state index contributed by atoms with van der Waals surface area (Å²) in [5.74, 6) is 0.286. The van der Waals surface area contributed by atoms with Crippen LogP contribution in [0.2, 0.25) is 10.0 Å². The van der Waals surface area contributed by atoms with Gasteiger partial charge in [0, 0.05) is 12.1 Å². The molecule has 3 aromatic carbocycles. The third-order valence-corrected chi connectivity index (χ3v) is 6.23. The van der Waals surface area contributed by atoms with Crippen molar-refractivity contribution in [3.05, 3.63) is 99.0 Å². The van der Waals surface area contributed by atoms with Crippen molar-refractivity contribution in [2.24, 2.45) is 0 Å². The maximum Gasteiger partial charge on any atom is 0.251 e. The van der Waals surface area contributed by atoms with E-state index in [0.717, 1.165) is 28.0 Å². The number of nitrogens with one attached hydrogen (secondary N) is 1. The third kappa shape index (κ3) is 4.64. The average Bonchev–Trinajstić information content (AvgIpc) is 3.08. The van der Waals surface area contributed by atoms with E-state index in [1.807, 2.05) is 38.1 Å². The number of imidazole rings is 1. The molecule has 0 fully saturated rings. The van der Waals surface area contributed by atoms with Crippen molar-refractivity contribution in [3.63, 3.8) is 0 Å². The fourth-order valence-electron chi connectivity index (χ4n) is 3.80. The Bertz CT molecular complexity index is 1300. The second-order valence-electron chi connectivity index (χ2n) is 7.69. The molecule has 32 heavy (non-hydrogen) atoms. The highest BCUT2D eigenvalue weighted by molar-refractivity contribution is 6.42. The predicted octanol–water partition coefficient (Wildman–Crippen LogP) is 6.72. The zero-order valence-electron chi connectivity index (χ0n) is 17.7. The van der Waals surface area contributed by atoms with Crippen molar-refractivity contribution >= 4 is 40.1 Å². The molecule has 0 aliphatic carbocycles. The number of nitrogens with zero attached hydrogens (tertiary/aromatic N) is 2. The number of carbonyl (C=O) groups is 1. The fourth-order valence-corrected chi connectivity index (χ4v) is 4.12. The van der Waals surface area contributed by atoms with Gasteiger partial charge in [0.15, 0.2) is 0 Å². The molecular formula is C25H22Cl2FN3O. The van der Waals surface area contributed by atoms with Gasteiger partial charge in [0.1, 0.15) is 11.6 Å². The smallest absolute Gasteiger partial charge is 0.251 e. The van der Waals surface area contributed by atoms with E-state index in [-0.39, 0.29) is 17.8 Å². The van der Waals surface area contributed by atoms with Crippen LogP contribution in [0.1, 0.15) is 46.7 Å². The van der Waals surface area contributed by atoms with Crippen molar-refractivity contribution in [2.75, 3.05) is 0 Å². The zero-order valence-corrected chi connectivity index (χ0v) is 19.2. The summed E-state index contributed by atoms with van der Waals surface area (Å²) in [6.07, 6.45) is 0.648. The minimum atomic E-state index is -0.320. The van der Waals surface area contributed by atoms with Crippen LogP contribution in [0.3, 0.4) is 0 Å². The summed E-state index contributed by atoms with van der Waals surface area (Å²) in [6, 6.07) is 17.0. The highest BCUT2D eigenvalue weighted by atomic mass is 35.5. The van der Waals surface area contributed by atoms with E-state index in [9.17, 15) is 9.18 Å². The molecule has 4 rings (SSSR count). The molecule has 1 amide bonds. The van der Waals surface area contributed by atoms with Crippen molar-refractivity contribution in [3.8, 4) is 0 Å². The van der Waals surface area contributed by atoms with Gasteiger partial charge in [-0.2, -0.15) is 0 Å². The standard InChI is InChI=1S/C25H22Cl2FN3O/c1-3-22(17-5-4-6-19(28)12-17)30-25(32)18-8-10-24-23(13-18)29-15(2)31(24)14-16-7-9-20(26)21(27)11-16/h4-13,22H,3,14H2,1-2H3,(H,30,32)/t22-/m1/s1. The topological polar surface area (TPSA) is 46.9 Å². The van der Waals surface area contributed by atoms with E-state index < -0.39 is 0 Å². The van der Waals surface area contributed by atoms with Crippen LogP contribution in [0.5, 0.6) is 0 Å². The van der Waals surface area contributed by atoms with Gasteiger partial charge in [0.25, 0.3) is 5.91 Å². The van der Waals surface area contributed by atoms with E-state index in [2.05, 4.69) is 14.9 Å². The zero-order chi connectivity index (χ0) is 22.8. The Labute approximate surface area is 196 Å². The number of hydrogen-bond acceptors (Lipinski definition) is 2. The number of fused-ring (bicyclic) bond motifs is 1. The lowest BCUT2D eigenvalue weighted by atomic mass is 10.0. The summed E-state index contributed by atoms with van der Waals surface area (Å²) in [7, 11) is 0. The highest BCUT2D eigenvalue weighted by Gasteiger charge is 2.17. The lowest BCUT2D eigenvalue weighted by Crippen LogP contribution is -2.28. The summed E-state index contributed by atoms with van der Waals surface area (Å²) in [5.41, 5.74) is 3.90. The molecule has 4 aromatic rings. The SMILES string of the molecule is CC[C@@H](NC(=O)c1ccc2c(c1)nc(C)n2Cc1ccc(Cl)c(Cl)c1)c1cccc(F)c1. The molecule has 0 bridgehead atoms. The molecule has 0 saturated heterocycles. The number of benzene rings is 3. The van der Waals surface area contributed by atoms with Crippen LogP contribution < -0.4 is 5.32 Å². The first-order chi connectivity index (χ1) is 15.4. The van der Waals surface area contributed by atoms with Gasteiger partial charge in [-0.3, -0.25) is 4.79 Å². The minimum absolute atomic E-state index is 0.223. The van der Waals surface area contributed by atoms with Gasteiger partial charge in [-0.1, -0.05) is 48.3 Å². The lowest BCUT2D eigenvalue weighted by Gasteiger charge is -2.17. The van der Waals surface area contributed by atoms with E-state index in [4.69, 9.17) is 23.2 Å². The first-order valence-electron chi connectivity index (χ1n) is 10.3. The summed E-state index contributed by atoms with van der Waals surface area (Å²) in [6.45, 7) is 4.46. The Morgan fingerprint density at radius 2 is 1.91 bits per heavy atom. The Kier molecular flexibility index (Phi) is 6.49. The molecule has 1 N–H and O–H groups in total. The van der Waals surface area contributed by atoms with Gasteiger partial charge in [-0.15, -0.1) is 0 Å². The minimum Gasteiger partial charge on any atom is -0.345 e. The van der Waals surface area contributed by atoms with Gasteiger partial charge < -0.3 is 9.88 Å². The monoisotopic (exact) mass is 469 g/mol. The van der Waals surface area contributed by atoms with Crippen molar-refractivity contribution < 1.29 is 9.18 Å². The molecule has 7 heteroatoms. The molecule has 0 unspecified atom stereocenters. The summed E-state index contributed by atoms with van der Waals surface area (Å²) >= 11 is 12.2. The fraction of sp³-hybridized carbons (Fsp3) is 0.200. The molecule has 0 aliphatic rings. The van der Waals surface area contributed by atoms with Crippen molar-refractivity contribution in [1.29, 1.82) is 0 Å². The maximum atomic E-state index is 13.6. The molecule has 1 heterocycles. The molecule has 0 radical (unpaired) electrons. The van der Waals surface area contributed by atoms with Gasteiger partial charge in [-0.05, 0) is 66.9 Å². The number of amides is 1. The first-order valence-corrected chi connectivity index (χ1v) is 11.1. The number of aryl methyl sites for hydroxylation is 1. The Morgan fingerprint density at radius 1 is 1.09 bits per heavy atom. The maximum absolute atomic E-state index is 13.6. The summed E-state index contributed by atoms with van der Waals surface area (Å²) in [5, 5.41) is 4.02. The van der Waals surface area contributed by atoms with Crippen molar-refractivity contribution in [1.82, 2.24) is 14.9 Å². The van der Waals surface area contributed by atoms with Crippen LogP contribution in [0.15, 0.2) is 60.7 Å². The third-order valence-electron chi connectivity index (χ3n) is 5.49. The molecule has 0 spiro atoms. The predicted molar refractivity (Wildman–Crippen MR) is 127 cm³/mol. The van der Waals surface area contributed by atoms with E-state index in [0.29, 0.717) is 28.6 Å². The van der Waals surface area contributed by atoms with Gasteiger partial charge in [0.2, 0.25) is 0 Å². The molecular weight excluding hydrogens is 448 g/mol. The normalized spacial score (nSPS) is 12.2. The number of aromatic nitrogens is 2. The second kappa shape index (κ2) is 9.31.